The fourth-order valence-electron chi connectivity index (χ4n) is 1.96. The van der Waals surface area contributed by atoms with Gasteiger partial charge in [0.05, 0.1) is 6.04 Å². The van der Waals surface area contributed by atoms with Crippen LogP contribution in [-0.4, -0.2) is 42.7 Å². The molecule has 118 valence electrons. The number of rotatable bonds is 9. The number of unbranched alkanes of at least 4 members (excludes halogenated alkanes) is 1. The van der Waals surface area contributed by atoms with Crippen LogP contribution in [0, 0.1) is 5.41 Å². The van der Waals surface area contributed by atoms with Crippen LogP contribution in [0.25, 0.3) is 0 Å². The minimum Gasteiger partial charge on any atom is -0.480 e. The molecular weight excluding hydrogens is 258 g/mol. The molecule has 0 heterocycles. The molecule has 0 spiro atoms. The number of carbonyl (C=O) groups excluding carboxylic acids is 1. The van der Waals surface area contributed by atoms with E-state index in [-0.39, 0.29) is 11.3 Å². The second kappa shape index (κ2) is 8.92. The lowest BCUT2D eigenvalue weighted by Crippen LogP contribution is -2.43. The van der Waals surface area contributed by atoms with Gasteiger partial charge in [-0.15, -0.1) is 0 Å². The Kier molecular flexibility index (Phi) is 8.41. The Morgan fingerprint density at radius 3 is 2.30 bits per heavy atom. The molecule has 0 bridgehead atoms. The first-order valence-corrected chi connectivity index (χ1v) is 7.10. The fourth-order valence-corrected chi connectivity index (χ4v) is 1.96. The molecule has 0 aliphatic heterocycles. The first kappa shape index (κ1) is 18.9. The number of hydrogen-bond donors (Lipinski definition) is 4. The maximum absolute atomic E-state index is 11.7. The van der Waals surface area contributed by atoms with Gasteiger partial charge >= 0.3 is 5.97 Å². The lowest BCUT2D eigenvalue weighted by atomic mass is 9.88. The van der Waals surface area contributed by atoms with Crippen LogP contribution in [0.5, 0.6) is 0 Å². The van der Waals surface area contributed by atoms with Gasteiger partial charge in [-0.2, -0.15) is 0 Å². The molecule has 0 rings (SSSR count). The van der Waals surface area contributed by atoms with Crippen molar-refractivity contribution in [2.24, 2.45) is 11.1 Å². The predicted octanol–water partition coefficient (Wildman–Crippen LogP) is 0.709. The Morgan fingerprint density at radius 1 is 1.25 bits per heavy atom. The highest BCUT2D eigenvalue weighted by Crippen LogP contribution is 2.19. The summed E-state index contributed by atoms with van der Waals surface area (Å²) in [6.07, 6.45) is 2.68. The van der Waals surface area contributed by atoms with Gasteiger partial charge in [0, 0.05) is 6.54 Å². The molecule has 0 aliphatic carbocycles. The molecule has 0 saturated heterocycles. The number of carboxylic acids is 1. The minimum absolute atomic E-state index is 0.0261. The van der Waals surface area contributed by atoms with Crippen molar-refractivity contribution in [3.63, 3.8) is 0 Å². The average Bonchev–Trinajstić information content (AvgIpc) is 2.30. The molecule has 1 unspecified atom stereocenters. The topological polar surface area (TPSA) is 104 Å². The summed E-state index contributed by atoms with van der Waals surface area (Å²) in [6, 6.07) is -1.01. The minimum atomic E-state index is -0.844. The summed E-state index contributed by atoms with van der Waals surface area (Å²) in [6.45, 7) is 6.67. The number of amides is 1. The smallest absolute Gasteiger partial charge is 0.320 e. The van der Waals surface area contributed by atoms with Crippen LogP contribution in [0.3, 0.4) is 0 Å². The van der Waals surface area contributed by atoms with Gasteiger partial charge in [-0.1, -0.05) is 20.8 Å². The van der Waals surface area contributed by atoms with Crippen LogP contribution < -0.4 is 16.4 Å². The summed E-state index contributed by atoms with van der Waals surface area (Å²) in [5, 5.41) is 14.4. The van der Waals surface area contributed by atoms with E-state index in [0.29, 0.717) is 19.4 Å². The SMILES string of the molecule is CN[C@@H](CCCCNC(=O)C(N)CC(C)(C)C)C(=O)O. The second-order valence-corrected chi connectivity index (χ2v) is 6.34. The maximum Gasteiger partial charge on any atom is 0.320 e. The molecule has 0 aromatic heterocycles. The van der Waals surface area contributed by atoms with E-state index >= 15 is 0 Å². The largest absolute Gasteiger partial charge is 0.480 e. The quantitative estimate of drug-likeness (QED) is 0.467. The number of carboxylic acid groups (broad SMARTS) is 1. The Morgan fingerprint density at radius 2 is 1.85 bits per heavy atom. The fraction of sp³-hybridized carbons (Fsp3) is 0.857. The number of carbonyl (C=O) groups is 2. The Labute approximate surface area is 121 Å². The molecule has 0 radical (unpaired) electrons. The molecule has 0 aromatic carbocycles. The van der Waals surface area contributed by atoms with E-state index in [2.05, 4.69) is 10.6 Å². The van der Waals surface area contributed by atoms with E-state index < -0.39 is 18.1 Å². The third kappa shape index (κ3) is 8.87. The van der Waals surface area contributed by atoms with Crippen LogP contribution in [-0.2, 0) is 9.59 Å². The van der Waals surface area contributed by atoms with Crippen LogP contribution in [0.15, 0.2) is 0 Å². The van der Waals surface area contributed by atoms with Gasteiger partial charge in [0.15, 0.2) is 0 Å². The normalized spacial score (nSPS) is 14.7. The lowest BCUT2D eigenvalue weighted by molar-refractivity contribution is -0.139. The summed E-state index contributed by atoms with van der Waals surface area (Å²) < 4.78 is 0. The molecule has 2 atom stereocenters. The number of nitrogens with one attached hydrogen (secondary N) is 2. The maximum atomic E-state index is 11.7. The van der Waals surface area contributed by atoms with Gasteiger partial charge in [-0.05, 0) is 38.1 Å². The third-order valence-electron chi connectivity index (χ3n) is 3.03. The summed E-state index contributed by atoms with van der Waals surface area (Å²) in [4.78, 5) is 22.5. The van der Waals surface area contributed by atoms with Gasteiger partial charge < -0.3 is 21.5 Å². The van der Waals surface area contributed by atoms with Crippen molar-refractivity contribution in [1.29, 1.82) is 0 Å². The Bertz CT molecular complexity index is 313. The summed E-state index contributed by atoms with van der Waals surface area (Å²) >= 11 is 0. The van der Waals surface area contributed by atoms with Gasteiger partial charge in [0.1, 0.15) is 6.04 Å². The van der Waals surface area contributed by atoms with Crippen molar-refractivity contribution in [1.82, 2.24) is 10.6 Å². The predicted molar refractivity (Wildman–Crippen MR) is 79.4 cm³/mol. The summed E-state index contributed by atoms with van der Waals surface area (Å²) in [5.74, 6) is -0.980. The zero-order chi connectivity index (χ0) is 15.8. The van der Waals surface area contributed by atoms with Crippen molar-refractivity contribution in [2.75, 3.05) is 13.6 Å². The van der Waals surface area contributed by atoms with Crippen molar-refractivity contribution in [3.8, 4) is 0 Å². The highest BCUT2D eigenvalue weighted by Gasteiger charge is 2.21. The molecule has 6 heteroatoms. The zero-order valence-corrected chi connectivity index (χ0v) is 13.0. The summed E-state index contributed by atoms with van der Waals surface area (Å²) in [5.41, 5.74) is 5.85. The van der Waals surface area contributed by atoms with Gasteiger partial charge in [-0.25, -0.2) is 0 Å². The first-order chi connectivity index (χ1) is 9.17. The molecule has 1 amide bonds. The second-order valence-electron chi connectivity index (χ2n) is 6.34. The molecular formula is C14H29N3O3. The van der Waals surface area contributed by atoms with Gasteiger partial charge in [0.25, 0.3) is 0 Å². The van der Waals surface area contributed by atoms with Gasteiger partial charge in [-0.3, -0.25) is 9.59 Å². The van der Waals surface area contributed by atoms with Crippen LogP contribution in [0.1, 0.15) is 46.5 Å². The van der Waals surface area contributed by atoms with Crippen molar-refractivity contribution >= 4 is 11.9 Å². The average molecular weight is 287 g/mol. The monoisotopic (exact) mass is 287 g/mol. The van der Waals surface area contributed by atoms with Crippen LogP contribution >= 0.6 is 0 Å². The van der Waals surface area contributed by atoms with Gasteiger partial charge in [0.2, 0.25) is 5.91 Å². The zero-order valence-electron chi connectivity index (χ0n) is 13.0. The van der Waals surface area contributed by atoms with E-state index in [0.717, 1.165) is 12.8 Å². The molecule has 6 nitrogen and oxygen atoms in total. The molecule has 0 aromatic rings. The third-order valence-corrected chi connectivity index (χ3v) is 3.03. The van der Waals surface area contributed by atoms with Crippen molar-refractivity contribution < 1.29 is 14.7 Å². The molecule has 0 aliphatic rings. The van der Waals surface area contributed by atoms with Crippen molar-refractivity contribution in [2.45, 2.75) is 58.5 Å². The number of aliphatic carboxylic acids is 1. The molecule has 5 N–H and O–H groups in total. The Hall–Kier alpha value is -1.14. The van der Waals surface area contributed by atoms with E-state index in [1.807, 2.05) is 20.8 Å². The van der Waals surface area contributed by atoms with Crippen molar-refractivity contribution in [3.05, 3.63) is 0 Å². The lowest BCUT2D eigenvalue weighted by Gasteiger charge is -2.22. The van der Waals surface area contributed by atoms with E-state index in [9.17, 15) is 9.59 Å². The summed E-state index contributed by atoms with van der Waals surface area (Å²) in [7, 11) is 1.63. The van der Waals surface area contributed by atoms with Crippen LogP contribution in [0.2, 0.25) is 0 Å². The standard InChI is InChI=1S/C14H29N3O3/c1-14(2,3)9-10(15)12(18)17-8-6-5-7-11(16-4)13(19)20/h10-11,16H,5-9,15H2,1-4H3,(H,17,18)(H,19,20)/t10?,11-/m0/s1. The Balaban J connectivity index is 3.79. The molecule has 20 heavy (non-hydrogen) atoms. The van der Waals surface area contributed by atoms with E-state index in [1.54, 1.807) is 7.05 Å². The molecule has 0 fully saturated rings. The number of nitrogens with two attached hydrogens (primary N) is 1. The van der Waals surface area contributed by atoms with Crippen LogP contribution in [0.4, 0.5) is 0 Å². The number of likely N-dealkylation sites (N-methyl/N-ethyl adjacent to an activating group) is 1. The highest BCUT2D eigenvalue weighted by atomic mass is 16.4. The molecule has 0 saturated carbocycles. The van der Waals surface area contributed by atoms with E-state index in [1.165, 1.54) is 0 Å². The highest BCUT2D eigenvalue weighted by molar-refractivity contribution is 5.81. The number of hydrogen-bond acceptors (Lipinski definition) is 4. The van der Waals surface area contributed by atoms with E-state index in [4.69, 9.17) is 10.8 Å². The first-order valence-electron chi connectivity index (χ1n) is 7.10.